The highest BCUT2D eigenvalue weighted by atomic mass is 14.9. The molecule has 1 heteroatoms. The van der Waals surface area contributed by atoms with Crippen molar-refractivity contribution < 1.29 is 4.57 Å². The monoisotopic (exact) mass is 332 g/mol. The number of rotatable bonds is 16. The van der Waals surface area contributed by atoms with Crippen LogP contribution in [0, 0.1) is 0 Å². The van der Waals surface area contributed by atoms with Crippen LogP contribution in [0.5, 0.6) is 0 Å². The second kappa shape index (κ2) is 15.7. The third-order valence-corrected chi connectivity index (χ3v) is 5.05. The number of aromatic nitrogens is 1. The van der Waals surface area contributed by atoms with Gasteiger partial charge in [0, 0.05) is 18.6 Å². The molecule has 0 aromatic carbocycles. The molecular weight excluding hydrogens is 290 g/mol. The Morgan fingerprint density at radius 3 is 1.58 bits per heavy atom. The van der Waals surface area contributed by atoms with Gasteiger partial charge >= 0.3 is 0 Å². The summed E-state index contributed by atoms with van der Waals surface area (Å²) < 4.78 is 2.36. The maximum Gasteiger partial charge on any atom is 0.169 e. The summed E-state index contributed by atoms with van der Waals surface area (Å²) >= 11 is 0. The Labute approximate surface area is 151 Å². The smallest absolute Gasteiger partial charge is 0.169 e. The molecule has 1 aromatic rings. The fourth-order valence-electron chi connectivity index (χ4n) is 3.34. The highest BCUT2D eigenvalue weighted by Gasteiger charge is 2.01. The molecule has 138 valence electrons. The van der Waals surface area contributed by atoms with Gasteiger partial charge in [-0.3, -0.25) is 0 Å². The van der Waals surface area contributed by atoms with Crippen LogP contribution in [-0.4, -0.2) is 0 Å². The average Bonchev–Trinajstić information content (AvgIpc) is 2.61. The highest BCUT2D eigenvalue weighted by Crippen LogP contribution is 2.11. The van der Waals surface area contributed by atoms with Gasteiger partial charge in [0.1, 0.15) is 6.54 Å². The summed E-state index contributed by atoms with van der Waals surface area (Å²) in [4.78, 5) is 0. The molecule has 0 fully saturated rings. The first-order valence-corrected chi connectivity index (χ1v) is 10.8. The minimum atomic E-state index is 1.18. The van der Waals surface area contributed by atoms with E-state index in [1.165, 1.54) is 108 Å². The van der Waals surface area contributed by atoms with E-state index >= 15 is 0 Å². The van der Waals surface area contributed by atoms with Crippen molar-refractivity contribution in [2.45, 2.75) is 117 Å². The molecule has 0 aliphatic rings. The molecule has 0 N–H and O–H groups in total. The second-order valence-electron chi connectivity index (χ2n) is 7.44. The number of nitrogens with zero attached hydrogens (tertiary/aromatic N) is 1. The standard InChI is InChI=1S/C23H42N/c1-3-5-7-9-11-12-13-15-17-23-18-21-24(22-19-23)20-16-14-10-8-6-4-2/h18-19,21-22H,3-17,20H2,1-2H3/q+1. The maximum absolute atomic E-state index is 2.36. The third kappa shape index (κ3) is 11.6. The maximum atomic E-state index is 2.36. The summed E-state index contributed by atoms with van der Waals surface area (Å²) in [5, 5.41) is 0. The van der Waals surface area contributed by atoms with Gasteiger partial charge in [0.2, 0.25) is 0 Å². The first-order chi connectivity index (χ1) is 11.9. The van der Waals surface area contributed by atoms with Crippen LogP contribution in [0.4, 0.5) is 0 Å². The summed E-state index contributed by atoms with van der Waals surface area (Å²) in [7, 11) is 0. The average molecular weight is 333 g/mol. The quantitative estimate of drug-likeness (QED) is 0.226. The van der Waals surface area contributed by atoms with Crippen molar-refractivity contribution in [1.82, 2.24) is 0 Å². The van der Waals surface area contributed by atoms with Gasteiger partial charge in [0.05, 0.1) is 0 Å². The van der Waals surface area contributed by atoms with Crippen LogP contribution >= 0.6 is 0 Å². The third-order valence-electron chi connectivity index (χ3n) is 5.05. The first kappa shape index (κ1) is 21.2. The largest absolute Gasteiger partial charge is 0.205 e. The van der Waals surface area contributed by atoms with Crippen molar-refractivity contribution in [2.75, 3.05) is 0 Å². The molecule has 1 rings (SSSR count). The van der Waals surface area contributed by atoms with E-state index < -0.39 is 0 Å². The fraction of sp³-hybridized carbons (Fsp3) is 0.783. The minimum absolute atomic E-state index is 1.18. The molecular formula is C23H42N+. The Kier molecular flexibility index (Phi) is 13.8. The molecule has 0 atom stereocenters. The lowest BCUT2D eigenvalue weighted by molar-refractivity contribution is -0.697. The summed E-state index contributed by atoms with van der Waals surface area (Å²) in [6.45, 7) is 5.76. The van der Waals surface area contributed by atoms with E-state index in [-0.39, 0.29) is 0 Å². The number of unbranched alkanes of at least 4 members (excludes halogenated alkanes) is 12. The van der Waals surface area contributed by atoms with Crippen LogP contribution in [0.2, 0.25) is 0 Å². The predicted octanol–water partition coefficient (Wildman–Crippen LogP) is 7.02. The normalized spacial score (nSPS) is 11.1. The molecule has 0 unspecified atom stereocenters. The second-order valence-corrected chi connectivity index (χ2v) is 7.44. The summed E-state index contributed by atoms with van der Waals surface area (Å²) in [5.41, 5.74) is 1.51. The van der Waals surface area contributed by atoms with E-state index in [2.05, 4.69) is 42.9 Å². The zero-order valence-electron chi connectivity index (χ0n) is 16.6. The van der Waals surface area contributed by atoms with E-state index in [0.717, 1.165) is 0 Å². The minimum Gasteiger partial charge on any atom is -0.205 e. The zero-order chi connectivity index (χ0) is 17.3. The van der Waals surface area contributed by atoms with Gasteiger partial charge in [-0.2, -0.15) is 0 Å². The van der Waals surface area contributed by atoms with Crippen LogP contribution in [0.25, 0.3) is 0 Å². The predicted molar refractivity (Wildman–Crippen MR) is 106 cm³/mol. The molecule has 0 saturated carbocycles. The van der Waals surface area contributed by atoms with Crippen molar-refractivity contribution in [2.24, 2.45) is 0 Å². The SMILES string of the molecule is CCCCCCCCCCc1cc[n+](CCCCCCCC)cc1. The first-order valence-electron chi connectivity index (χ1n) is 10.8. The van der Waals surface area contributed by atoms with E-state index in [9.17, 15) is 0 Å². The lowest BCUT2D eigenvalue weighted by atomic mass is 10.0. The van der Waals surface area contributed by atoms with Crippen LogP contribution in [-0.2, 0) is 13.0 Å². The Hall–Kier alpha value is -0.850. The lowest BCUT2D eigenvalue weighted by Crippen LogP contribution is -2.32. The van der Waals surface area contributed by atoms with Crippen molar-refractivity contribution in [3.8, 4) is 0 Å². The molecule has 1 aromatic heterocycles. The van der Waals surface area contributed by atoms with Gasteiger partial charge in [-0.05, 0) is 24.8 Å². The van der Waals surface area contributed by atoms with Gasteiger partial charge in [-0.25, -0.2) is 4.57 Å². The molecule has 1 nitrogen and oxygen atoms in total. The summed E-state index contributed by atoms with van der Waals surface area (Å²) in [6, 6.07) is 4.66. The van der Waals surface area contributed by atoms with Crippen molar-refractivity contribution >= 4 is 0 Å². The van der Waals surface area contributed by atoms with Crippen LogP contribution in [0.3, 0.4) is 0 Å². The van der Waals surface area contributed by atoms with E-state index in [1.807, 2.05) is 0 Å². The van der Waals surface area contributed by atoms with Gasteiger partial charge in [-0.1, -0.05) is 84.5 Å². The van der Waals surface area contributed by atoms with Crippen molar-refractivity contribution in [3.63, 3.8) is 0 Å². The number of aryl methyl sites for hydroxylation is 2. The number of hydrogen-bond donors (Lipinski definition) is 0. The van der Waals surface area contributed by atoms with Gasteiger partial charge < -0.3 is 0 Å². The molecule has 0 spiro atoms. The fourth-order valence-corrected chi connectivity index (χ4v) is 3.34. The molecule has 0 aliphatic heterocycles. The molecule has 0 radical (unpaired) electrons. The summed E-state index contributed by atoms with van der Waals surface area (Å²) in [5.74, 6) is 0. The zero-order valence-corrected chi connectivity index (χ0v) is 16.6. The topological polar surface area (TPSA) is 3.88 Å². The van der Waals surface area contributed by atoms with E-state index in [1.54, 1.807) is 0 Å². The molecule has 0 amide bonds. The van der Waals surface area contributed by atoms with Crippen molar-refractivity contribution in [3.05, 3.63) is 30.1 Å². The number of pyridine rings is 1. The molecule has 0 saturated heterocycles. The molecule has 1 heterocycles. The summed E-state index contributed by atoms with van der Waals surface area (Å²) in [6.07, 6.45) is 25.4. The van der Waals surface area contributed by atoms with Crippen LogP contribution < -0.4 is 4.57 Å². The Morgan fingerprint density at radius 2 is 1.04 bits per heavy atom. The molecule has 24 heavy (non-hydrogen) atoms. The molecule has 0 aliphatic carbocycles. The number of hydrogen-bond acceptors (Lipinski definition) is 0. The van der Waals surface area contributed by atoms with Crippen molar-refractivity contribution in [1.29, 1.82) is 0 Å². The highest BCUT2D eigenvalue weighted by molar-refractivity contribution is 5.07. The van der Waals surface area contributed by atoms with Crippen LogP contribution in [0.1, 0.15) is 109 Å². The van der Waals surface area contributed by atoms with Gasteiger partial charge in [0.15, 0.2) is 12.4 Å². The van der Waals surface area contributed by atoms with Gasteiger partial charge in [0.25, 0.3) is 0 Å². The van der Waals surface area contributed by atoms with Gasteiger partial charge in [-0.15, -0.1) is 0 Å². The van der Waals surface area contributed by atoms with E-state index in [0.29, 0.717) is 0 Å². The Bertz CT molecular complexity index is 368. The Balaban J connectivity index is 2.01. The van der Waals surface area contributed by atoms with Crippen LogP contribution in [0.15, 0.2) is 24.5 Å². The van der Waals surface area contributed by atoms with E-state index in [4.69, 9.17) is 0 Å². The lowest BCUT2D eigenvalue weighted by Gasteiger charge is -2.03. The Morgan fingerprint density at radius 1 is 0.583 bits per heavy atom. The molecule has 0 bridgehead atoms.